The Morgan fingerprint density at radius 2 is 1.94 bits per heavy atom. The van der Waals surface area contributed by atoms with Crippen LogP contribution in [-0.4, -0.2) is 55.9 Å². The van der Waals surface area contributed by atoms with Gasteiger partial charge in [-0.15, -0.1) is 10.2 Å². The third-order valence-electron chi connectivity index (χ3n) is 6.26. The second-order valence-electron chi connectivity index (χ2n) is 8.55. The van der Waals surface area contributed by atoms with Crippen LogP contribution in [0.1, 0.15) is 60.8 Å². The van der Waals surface area contributed by atoms with Gasteiger partial charge in [0.2, 0.25) is 11.5 Å². The SMILES string of the molecule is CC(O)(C(=O)N[C@@H]1CCCCC1N1Cc2ccc(-c3nnc(C(F)F)o3)cc2C1=O)C(F)(F)F. The summed E-state index contributed by atoms with van der Waals surface area (Å²) in [7, 11) is 0. The van der Waals surface area contributed by atoms with Gasteiger partial charge in [-0.1, -0.05) is 18.9 Å². The molecule has 0 spiro atoms. The van der Waals surface area contributed by atoms with E-state index in [4.69, 9.17) is 4.42 Å². The minimum Gasteiger partial charge on any atom is -0.415 e. The Morgan fingerprint density at radius 3 is 2.59 bits per heavy atom. The third-order valence-corrected chi connectivity index (χ3v) is 6.26. The fourth-order valence-corrected chi connectivity index (χ4v) is 4.25. The highest BCUT2D eigenvalue weighted by molar-refractivity contribution is 5.99. The van der Waals surface area contributed by atoms with Gasteiger partial charge in [0.25, 0.3) is 17.7 Å². The standard InChI is InChI=1S/C21H21F5N4O4/c1-20(33,21(24,25)26)19(32)27-13-4-2-3-5-14(13)30-9-11-7-6-10(8-12(11)18(30)31)16-28-29-17(34-16)15(22)23/h6-8,13-15,33H,2-5,9H2,1H3,(H,27,32)/t13-,14?,20?/m1/s1. The Morgan fingerprint density at radius 1 is 1.24 bits per heavy atom. The molecule has 1 aliphatic carbocycles. The molecular weight excluding hydrogens is 467 g/mol. The average Bonchev–Trinajstić information content (AvgIpc) is 3.39. The van der Waals surface area contributed by atoms with Crippen LogP contribution in [-0.2, 0) is 11.3 Å². The molecule has 34 heavy (non-hydrogen) atoms. The Kier molecular flexibility index (Phi) is 6.08. The summed E-state index contributed by atoms with van der Waals surface area (Å²) in [6, 6.07) is 3.22. The predicted octanol–water partition coefficient (Wildman–Crippen LogP) is 3.37. The van der Waals surface area contributed by atoms with Crippen LogP contribution < -0.4 is 5.32 Å². The number of halogens is 5. The van der Waals surface area contributed by atoms with Crippen molar-refractivity contribution < 1.29 is 41.1 Å². The molecule has 2 amide bonds. The van der Waals surface area contributed by atoms with Crippen molar-refractivity contribution in [2.45, 2.75) is 69.4 Å². The summed E-state index contributed by atoms with van der Waals surface area (Å²) < 4.78 is 69.6. The van der Waals surface area contributed by atoms with E-state index in [1.54, 1.807) is 12.1 Å². The zero-order valence-electron chi connectivity index (χ0n) is 17.9. The maximum atomic E-state index is 13.2. The van der Waals surface area contributed by atoms with Gasteiger partial charge < -0.3 is 19.7 Å². The molecule has 13 heteroatoms. The Hall–Kier alpha value is -3.09. The fraction of sp³-hybridized carbons (Fsp3) is 0.524. The number of amides is 2. The summed E-state index contributed by atoms with van der Waals surface area (Å²) in [6.45, 7) is 0.544. The first-order valence-corrected chi connectivity index (χ1v) is 10.6. The van der Waals surface area contributed by atoms with Crippen molar-refractivity contribution in [3.05, 3.63) is 35.2 Å². The summed E-state index contributed by atoms with van der Waals surface area (Å²) in [5.41, 5.74) is -2.40. The molecule has 2 heterocycles. The van der Waals surface area contributed by atoms with Gasteiger partial charge in [-0.2, -0.15) is 22.0 Å². The first kappa shape index (κ1) is 24.0. The number of carbonyl (C=O) groups excluding carboxylic acids is 2. The van der Waals surface area contributed by atoms with Crippen LogP contribution in [0.3, 0.4) is 0 Å². The van der Waals surface area contributed by atoms with Crippen LogP contribution in [0, 0.1) is 0 Å². The molecule has 2 unspecified atom stereocenters. The van der Waals surface area contributed by atoms with Gasteiger partial charge in [-0.3, -0.25) is 9.59 Å². The molecule has 2 aromatic rings. The van der Waals surface area contributed by atoms with Crippen molar-refractivity contribution in [3.63, 3.8) is 0 Å². The molecule has 1 fully saturated rings. The Bertz CT molecular complexity index is 1100. The van der Waals surface area contributed by atoms with E-state index in [0.29, 0.717) is 38.2 Å². The second-order valence-corrected chi connectivity index (χ2v) is 8.55. The number of benzene rings is 1. The maximum Gasteiger partial charge on any atom is 0.426 e. The predicted molar refractivity (Wildman–Crippen MR) is 105 cm³/mol. The van der Waals surface area contributed by atoms with Gasteiger partial charge in [0.05, 0.1) is 6.04 Å². The second kappa shape index (κ2) is 8.60. The first-order valence-electron chi connectivity index (χ1n) is 10.6. The van der Waals surface area contributed by atoms with Crippen LogP contribution in [0.4, 0.5) is 22.0 Å². The highest BCUT2D eigenvalue weighted by Crippen LogP contribution is 2.35. The molecule has 2 aliphatic rings. The Balaban J connectivity index is 1.54. The number of nitrogens with zero attached hydrogens (tertiary/aromatic N) is 3. The highest BCUT2D eigenvalue weighted by atomic mass is 19.4. The summed E-state index contributed by atoms with van der Waals surface area (Å²) in [4.78, 5) is 26.9. The molecule has 3 atom stereocenters. The smallest absolute Gasteiger partial charge is 0.415 e. The molecule has 8 nitrogen and oxygen atoms in total. The van der Waals surface area contributed by atoms with E-state index >= 15 is 0 Å². The molecule has 184 valence electrons. The van der Waals surface area contributed by atoms with Gasteiger partial charge in [0.1, 0.15) is 0 Å². The molecule has 2 N–H and O–H groups in total. The number of nitrogens with one attached hydrogen (secondary N) is 1. The number of alkyl halides is 5. The van der Waals surface area contributed by atoms with E-state index in [-0.39, 0.29) is 23.6 Å². The van der Waals surface area contributed by atoms with Crippen molar-refractivity contribution in [1.82, 2.24) is 20.4 Å². The zero-order chi connectivity index (χ0) is 24.8. The molecule has 4 rings (SSSR count). The monoisotopic (exact) mass is 488 g/mol. The number of rotatable bonds is 5. The largest absolute Gasteiger partial charge is 0.426 e. The average molecular weight is 488 g/mol. The van der Waals surface area contributed by atoms with Gasteiger partial charge in [-0.25, -0.2) is 0 Å². The highest BCUT2D eigenvalue weighted by Gasteiger charge is 2.56. The molecule has 1 aliphatic heterocycles. The van der Waals surface area contributed by atoms with Gasteiger partial charge in [-0.05, 0) is 37.5 Å². The number of hydrogen-bond acceptors (Lipinski definition) is 6. The number of carbonyl (C=O) groups is 2. The number of aliphatic hydroxyl groups is 1. The topological polar surface area (TPSA) is 109 Å². The van der Waals surface area contributed by atoms with Crippen LogP contribution in [0.25, 0.3) is 11.5 Å². The Labute approximate surface area is 190 Å². The van der Waals surface area contributed by atoms with Crippen molar-refractivity contribution in [3.8, 4) is 11.5 Å². The van der Waals surface area contributed by atoms with Crippen molar-refractivity contribution in [2.75, 3.05) is 0 Å². The van der Waals surface area contributed by atoms with Gasteiger partial charge in [0, 0.05) is 23.7 Å². The van der Waals surface area contributed by atoms with E-state index in [2.05, 4.69) is 15.5 Å². The number of hydrogen-bond donors (Lipinski definition) is 2. The molecule has 1 aromatic carbocycles. The van der Waals surface area contributed by atoms with E-state index < -0.39 is 48.0 Å². The number of fused-ring (bicyclic) bond motifs is 1. The molecular formula is C21H21F5N4O4. The van der Waals surface area contributed by atoms with Crippen LogP contribution in [0.2, 0.25) is 0 Å². The lowest BCUT2D eigenvalue weighted by Gasteiger charge is -2.39. The van der Waals surface area contributed by atoms with Crippen LogP contribution in [0.5, 0.6) is 0 Å². The van der Waals surface area contributed by atoms with E-state index in [9.17, 15) is 36.6 Å². The quantitative estimate of drug-likeness (QED) is 0.625. The van der Waals surface area contributed by atoms with E-state index in [0.717, 1.165) is 0 Å². The molecule has 1 saturated carbocycles. The minimum atomic E-state index is -5.16. The minimum absolute atomic E-state index is 0.160. The third kappa shape index (κ3) is 4.24. The molecule has 1 aromatic heterocycles. The van der Waals surface area contributed by atoms with Crippen molar-refractivity contribution in [2.24, 2.45) is 0 Å². The molecule has 0 saturated heterocycles. The van der Waals surface area contributed by atoms with Gasteiger partial charge in [0.15, 0.2) is 0 Å². The van der Waals surface area contributed by atoms with Crippen molar-refractivity contribution in [1.29, 1.82) is 0 Å². The zero-order valence-corrected chi connectivity index (χ0v) is 17.9. The van der Waals surface area contributed by atoms with E-state index in [1.165, 1.54) is 11.0 Å². The summed E-state index contributed by atoms with van der Waals surface area (Å²) in [6.07, 6.45) is -5.96. The maximum absolute atomic E-state index is 13.2. The first-order chi connectivity index (χ1) is 15.9. The summed E-state index contributed by atoms with van der Waals surface area (Å²) in [5, 5.41) is 18.8. The molecule has 0 bridgehead atoms. The summed E-state index contributed by atoms with van der Waals surface area (Å²) in [5.74, 6) is -3.02. The lowest BCUT2D eigenvalue weighted by molar-refractivity contribution is -0.245. The fourth-order valence-electron chi connectivity index (χ4n) is 4.25. The van der Waals surface area contributed by atoms with Gasteiger partial charge >= 0.3 is 12.6 Å². The van der Waals surface area contributed by atoms with E-state index in [1.807, 2.05) is 0 Å². The molecule has 0 radical (unpaired) electrons. The van der Waals surface area contributed by atoms with Crippen LogP contribution >= 0.6 is 0 Å². The number of aromatic nitrogens is 2. The lowest BCUT2D eigenvalue weighted by Crippen LogP contribution is -2.61. The lowest BCUT2D eigenvalue weighted by atomic mass is 9.88. The van der Waals surface area contributed by atoms with Crippen LogP contribution in [0.15, 0.2) is 22.6 Å². The normalized spacial score (nSPS) is 22.6. The summed E-state index contributed by atoms with van der Waals surface area (Å²) >= 11 is 0. The van der Waals surface area contributed by atoms with Crippen molar-refractivity contribution >= 4 is 11.8 Å².